The number of carbonyl (C=O) groups is 3. The number of carboxylic acid groups (broad SMARTS) is 2. The summed E-state index contributed by atoms with van der Waals surface area (Å²) in [5.41, 5.74) is 0. The molecule has 0 aliphatic carbocycles. The molecule has 0 aromatic heterocycles. The predicted molar refractivity (Wildman–Crippen MR) is 45.9 cm³/mol. The molecule has 14 heavy (non-hydrogen) atoms. The summed E-state index contributed by atoms with van der Waals surface area (Å²) in [7, 11) is 0. The van der Waals surface area contributed by atoms with E-state index in [4.69, 9.17) is 10.2 Å². The van der Waals surface area contributed by atoms with Crippen molar-refractivity contribution in [2.45, 2.75) is 12.5 Å². The van der Waals surface area contributed by atoms with Gasteiger partial charge in [0.1, 0.15) is 6.04 Å². The SMILES string of the molecule is C=CC[C@H](NC(=O)O)C(=O)NC(=O)O. The molecule has 7 heteroatoms. The van der Waals surface area contributed by atoms with Gasteiger partial charge < -0.3 is 15.5 Å². The third-order valence-electron chi connectivity index (χ3n) is 1.25. The largest absolute Gasteiger partial charge is 0.465 e. The van der Waals surface area contributed by atoms with Crippen LogP contribution in [0.1, 0.15) is 6.42 Å². The van der Waals surface area contributed by atoms with E-state index < -0.39 is 24.1 Å². The van der Waals surface area contributed by atoms with E-state index in [-0.39, 0.29) is 6.42 Å². The van der Waals surface area contributed by atoms with Crippen molar-refractivity contribution in [2.24, 2.45) is 0 Å². The van der Waals surface area contributed by atoms with E-state index in [0.29, 0.717) is 0 Å². The molecule has 0 aromatic carbocycles. The molecular formula is C7H10N2O5. The van der Waals surface area contributed by atoms with Gasteiger partial charge in [-0.25, -0.2) is 9.59 Å². The lowest BCUT2D eigenvalue weighted by molar-refractivity contribution is -0.122. The molecule has 0 rings (SSSR count). The highest BCUT2D eigenvalue weighted by Crippen LogP contribution is 1.93. The van der Waals surface area contributed by atoms with E-state index in [0.717, 1.165) is 0 Å². The second-order valence-electron chi connectivity index (χ2n) is 2.32. The van der Waals surface area contributed by atoms with Crippen molar-refractivity contribution < 1.29 is 24.6 Å². The Labute approximate surface area is 79.4 Å². The van der Waals surface area contributed by atoms with Crippen LogP contribution in [0.15, 0.2) is 12.7 Å². The second-order valence-corrected chi connectivity index (χ2v) is 2.32. The van der Waals surface area contributed by atoms with Gasteiger partial charge in [0.05, 0.1) is 0 Å². The van der Waals surface area contributed by atoms with Crippen LogP contribution in [0.2, 0.25) is 0 Å². The van der Waals surface area contributed by atoms with Crippen LogP contribution < -0.4 is 10.6 Å². The Morgan fingerprint density at radius 2 is 1.86 bits per heavy atom. The van der Waals surface area contributed by atoms with Crippen LogP contribution in [0, 0.1) is 0 Å². The molecule has 0 heterocycles. The van der Waals surface area contributed by atoms with Gasteiger partial charge in [-0.2, -0.15) is 0 Å². The zero-order chi connectivity index (χ0) is 11.1. The lowest BCUT2D eigenvalue weighted by Crippen LogP contribution is -2.47. The number of nitrogens with one attached hydrogen (secondary N) is 2. The molecule has 0 saturated carbocycles. The van der Waals surface area contributed by atoms with E-state index in [2.05, 4.69) is 6.58 Å². The topological polar surface area (TPSA) is 116 Å². The zero-order valence-electron chi connectivity index (χ0n) is 7.19. The smallest absolute Gasteiger partial charge is 0.411 e. The minimum atomic E-state index is -1.53. The Hall–Kier alpha value is -2.05. The van der Waals surface area contributed by atoms with Gasteiger partial charge >= 0.3 is 12.2 Å². The van der Waals surface area contributed by atoms with E-state index >= 15 is 0 Å². The molecule has 78 valence electrons. The maximum Gasteiger partial charge on any atom is 0.411 e. The fourth-order valence-corrected chi connectivity index (χ4v) is 0.740. The monoisotopic (exact) mass is 202 g/mol. The Morgan fingerprint density at radius 3 is 2.21 bits per heavy atom. The highest BCUT2D eigenvalue weighted by molar-refractivity contribution is 5.95. The summed E-state index contributed by atoms with van der Waals surface area (Å²) in [6, 6.07) is -1.14. The number of hydrogen-bond donors (Lipinski definition) is 4. The van der Waals surface area contributed by atoms with E-state index in [1.165, 1.54) is 11.4 Å². The Kier molecular flexibility index (Phi) is 4.76. The first-order chi connectivity index (χ1) is 6.47. The van der Waals surface area contributed by atoms with Crippen molar-refractivity contribution in [3.63, 3.8) is 0 Å². The van der Waals surface area contributed by atoms with Crippen LogP contribution in [-0.2, 0) is 4.79 Å². The van der Waals surface area contributed by atoms with Crippen LogP contribution in [0.3, 0.4) is 0 Å². The molecule has 0 saturated heterocycles. The number of amides is 3. The average molecular weight is 202 g/mol. The average Bonchev–Trinajstić information content (AvgIpc) is 2.01. The normalized spacial score (nSPS) is 11.1. The summed E-state index contributed by atoms with van der Waals surface area (Å²) in [6.07, 6.45) is -1.61. The highest BCUT2D eigenvalue weighted by Gasteiger charge is 2.20. The summed E-state index contributed by atoms with van der Waals surface area (Å²) in [6.45, 7) is 3.31. The minimum Gasteiger partial charge on any atom is -0.465 e. The van der Waals surface area contributed by atoms with Crippen molar-refractivity contribution in [3.05, 3.63) is 12.7 Å². The summed E-state index contributed by atoms with van der Waals surface area (Å²) >= 11 is 0. The molecule has 3 amide bonds. The number of hydrogen-bond acceptors (Lipinski definition) is 3. The molecular weight excluding hydrogens is 192 g/mol. The van der Waals surface area contributed by atoms with Crippen LogP contribution in [-0.4, -0.2) is 34.3 Å². The fraction of sp³-hybridized carbons (Fsp3) is 0.286. The fourth-order valence-electron chi connectivity index (χ4n) is 0.740. The van der Waals surface area contributed by atoms with E-state index in [1.54, 1.807) is 0 Å². The van der Waals surface area contributed by atoms with Gasteiger partial charge in [0.15, 0.2) is 0 Å². The Balaban J connectivity index is 4.31. The Bertz CT molecular complexity index is 263. The van der Waals surface area contributed by atoms with Crippen molar-refractivity contribution >= 4 is 18.1 Å². The van der Waals surface area contributed by atoms with Crippen molar-refractivity contribution in [3.8, 4) is 0 Å². The Morgan fingerprint density at radius 1 is 1.29 bits per heavy atom. The molecule has 0 fully saturated rings. The third-order valence-corrected chi connectivity index (χ3v) is 1.25. The molecule has 0 aromatic rings. The van der Waals surface area contributed by atoms with Crippen molar-refractivity contribution in [1.29, 1.82) is 0 Å². The highest BCUT2D eigenvalue weighted by atomic mass is 16.4. The molecule has 0 unspecified atom stereocenters. The standard InChI is InChI=1S/C7H10N2O5/c1-2-3-4(8-6(11)12)5(10)9-7(13)14/h2,4,8H,1,3H2,(H,9,10)(H,11,12)(H,13,14)/t4-/m0/s1. The zero-order valence-corrected chi connectivity index (χ0v) is 7.19. The molecule has 7 nitrogen and oxygen atoms in total. The molecule has 0 aliphatic rings. The third kappa shape index (κ3) is 4.75. The molecule has 0 spiro atoms. The number of carbonyl (C=O) groups excluding carboxylic acids is 1. The quantitative estimate of drug-likeness (QED) is 0.478. The van der Waals surface area contributed by atoms with Crippen molar-refractivity contribution in [1.82, 2.24) is 10.6 Å². The number of rotatable bonds is 4. The number of imide groups is 1. The first-order valence-corrected chi connectivity index (χ1v) is 3.61. The van der Waals surface area contributed by atoms with E-state index in [9.17, 15) is 14.4 Å². The van der Waals surface area contributed by atoms with Crippen LogP contribution >= 0.6 is 0 Å². The first-order valence-electron chi connectivity index (χ1n) is 3.61. The van der Waals surface area contributed by atoms with Crippen molar-refractivity contribution in [2.75, 3.05) is 0 Å². The molecule has 0 radical (unpaired) electrons. The summed E-state index contributed by atoms with van der Waals surface area (Å²) in [4.78, 5) is 31.3. The van der Waals surface area contributed by atoms with Gasteiger partial charge in [-0.1, -0.05) is 6.08 Å². The van der Waals surface area contributed by atoms with Crippen LogP contribution in [0.4, 0.5) is 9.59 Å². The summed E-state index contributed by atoms with van der Waals surface area (Å²) < 4.78 is 0. The lowest BCUT2D eigenvalue weighted by Gasteiger charge is -2.12. The summed E-state index contributed by atoms with van der Waals surface area (Å²) in [5, 5.41) is 19.9. The molecule has 1 atom stereocenters. The lowest BCUT2D eigenvalue weighted by atomic mass is 10.2. The van der Waals surface area contributed by atoms with Gasteiger partial charge in [-0.15, -0.1) is 6.58 Å². The van der Waals surface area contributed by atoms with Gasteiger partial charge in [-0.3, -0.25) is 10.1 Å². The van der Waals surface area contributed by atoms with E-state index in [1.807, 2.05) is 5.32 Å². The maximum atomic E-state index is 11.0. The minimum absolute atomic E-state index is 0.0193. The summed E-state index contributed by atoms with van der Waals surface area (Å²) in [5.74, 6) is -0.931. The van der Waals surface area contributed by atoms with Crippen LogP contribution in [0.25, 0.3) is 0 Å². The molecule has 0 bridgehead atoms. The van der Waals surface area contributed by atoms with Gasteiger partial charge in [0, 0.05) is 0 Å². The van der Waals surface area contributed by atoms with Crippen LogP contribution in [0.5, 0.6) is 0 Å². The maximum absolute atomic E-state index is 11.0. The molecule has 4 N–H and O–H groups in total. The van der Waals surface area contributed by atoms with Gasteiger partial charge in [0.25, 0.3) is 5.91 Å². The first kappa shape index (κ1) is 11.9. The predicted octanol–water partition coefficient (Wildman–Crippen LogP) is -0.00710. The second kappa shape index (κ2) is 5.57. The van der Waals surface area contributed by atoms with Gasteiger partial charge in [-0.05, 0) is 6.42 Å². The van der Waals surface area contributed by atoms with Gasteiger partial charge in [0.2, 0.25) is 0 Å². The molecule has 0 aliphatic heterocycles.